The Kier molecular flexibility index (Phi) is 4.77. The molecular formula is C14H17BrFN3O. The summed E-state index contributed by atoms with van der Waals surface area (Å²) in [6.07, 6.45) is 2.69. The number of benzene rings is 1. The van der Waals surface area contributed by atoms with Crippen LogP contribution in [0.4, 0.5) is 4.39 Å². The van der Waals surface area contributed by atoms with Crippen LogP contribution in [0, 0.1) is 5.82 Å². The Labute approximate surface area is 125 Å². The number of methoxy groups -OCH3 is 1. The summed E-state index contributed by atoms with van der Waals surface area (Å²) in [6.45, 7) is 2.86. The lowest BCUT2D eigenvalue weighted by Crippen LogP contribution is -2.18. The molecule has 1 unspecified atom stereocenters. The lowest BCUT2D eigenvalue weighted by atomic mass is 10.0. The molecule has 2 rings (SSSR count). The normalized spacial score (nSPS) is 12.4. The van der Waals surface area contributed by atoms with E-state index in [9.17, 15) is 4.39 Å². The quantitative estimate of drug-likeness (QED) is 0.908. The van der Waals surface area contributed by atoms with Gasteiger partial charge in [-0.3, -0.25) is 4.68 Å². The summed E-state index contributed by atoms with van der Waals surface area (Å²) in [5.74, 6) is -0.208. The van der Waals surface area contributed by atoms with Crippen LogP contribution in [-0.2, 0) is 6.54 Å². The number of ether oxygens (including phenoxy) is 1. The first kappa shape index (κ1) is 15.0. The number of hydrogen-bond donors (Lipinski definition) is 1. The molecule has 0 amide bonds. The molecule has 4 nitrogen and oxygen atoms in total. The summed E-state index contributed by atoms with van der Waals surface area (Å²) in [5, 5.41) is 4.30. The van der Waals surface area contributed by atoms with E-state index in [4.69, 9.17) is 10.5 Å². The zero-order valence-electron chi connectivity index (χ0n) is 11.4. The Bertz CT molecular complexity index is 600. The van der Waals surface area contributed by atoms with Gasteiger partial charge in [0.15, 0.2) is 11.6 Å². The van der Waals surface area contributed by atoms with Gasteiger partial charge in [0.05, 0.1) is 29.5 Å². The van der Waals surface area contributed by atoms with Gasteiger partial charge in [0.2, 0.25) is 0 Å². The SMILES string of the molecule is CCCn1ncc(Br)c1C(N)c1ccc(F)c(OC)c1. The van der Waals surface area contributed by atoms with Gasteiger partial charge < -0.3 is 10.5 Å². The van der Waals surface area contributed by atoms with E-state index in [0.717, 1.165) is 28.7 Å². The first-order valence-corrected chi connectivity index (χ1v) is 7.18. The third kappa shape index (κ3) is 2.86. The van der Waals surface area contributed by atoms with Crippen molar-refractivity contribution in [2.75, 3.05) is 7.11 Å². The van der Waals surface area contributed by atoms with Gasteiger partial charge in [-0.1, -0.05) is 13.0 Å². The summed E-state index contributed by atoms with van der Waals surface area (Å²) < 4.78 is 21.2. The summed E-state index contributed by atoms with van der Waals surface area (Å²) in [7, 11) is 1.44. The van der Waals surface area contributed by atoms with Crippen molar-refractivity contribution in [2.45, 2.75) is 25.9 Å². The van der Waals surface area contributed by atoms with Crippen LogP contribution in [0.5, 0.6) is 5.75 Å². The van der Waals surface area contributed by atoms with Gasteiger partial charge in [-0.05, 0) is 40.0 Å². The van der Waals surface area contributed by atoms with Crippen molar-refractivity contribution < 1.29 is 9.13 Å². The van der Waals surface area contributed by atoms with E-state index in [1.165, 1.54) is 13.2 Å². The second-order valence-corrected chi connectivity index (χ2v) is 5.33. The molecule has 108 valence electrons. The van der Waals surface area contributed by atoms with E-state index < -0.39 is 11.9 Å². The van der Waals surface area contributed by atoms with Gasteiger partial charge in [0.25, 0.3) is 0 Å². The number of halogens is 2. The van der Waals surface area contributed by atoms with E-state index in [2.05, 4.69) is 28.0 Å². The predicted molar refractivity (Wildman–Crippen MR) is 79.2 cm³/mol. The van der Waals surface area contributed by atoms with Crippen LogP contribution in [-0.4, -0.2) is 16.9 Å². The molecule has 0 radical (unpaired) electrons. The largest absolute Gasteiger partial charge is 0.494 e. The minimum absolute atomic E-state index is 0.190. The molecule has 2 N–H and O–H groups in total. The number of hydrogen-bond acceptors (Lipinski definition) is 3. The van der Waals surface area contributed by atoms with Crippen molar-refractivity contribution in [3.63, 3.8) is 0 Å². The maximum Gasteiger partial charge on any atom is 0.165 e. The van der Waals surface area contributed by atoms with Crippen LogP contribution in [0.15, 0.2) is 28.9 Å². The fourth-order valence-electron chi connectivity index (χ4n) is 2.10. The summed E-state index contributed by atoms with van der Waals surface area (Å²) in [4.78, 5) is 0. The van der Waals surface area contributed by atoms with Gasteiger partial charge in [-0.25, -0.2) is 4.39 Å². The minimum Gasteiger partial charge on any atom is -0.494 e. The molecule has 0 saturated heterocycles. The molecule has 0 bridgehead atoms. The topological polar surface area (TPSA) is 53.1 Å². The standard InChI is InChI=1S/C14H17BrFN3O/c1-3-6-19-14(10(15)8-18-19)13(17)9-4-5-11(16)12(7-9)20-2/h4-5,7-8,13H,3,6,17H2,1-2H3. The van der Waals surface area contributed by atoms with E-state index in [-0.39, 0.29) is 5.75 Å². The van der Waals surface area contributed by atoms with E-state index in [1.807, 2.05) is 4.68 Å². The molecule has 0 aliphatic rings. The number of nitrogens with zero attached hydrogens (tertiary/aromatic N) is 2. The molecule has 0 aliphatic heterocycles. The molecule has 0 aliphatic carbocycles. The zero-order chi connectivity index (χ0) is 14.7. The fourth-order valence-corrected chi connectivity index (χ4v) is 2.64. The van der Waals surface area contributed by atoms with Crippen LogP contribution in [0.3, 0.4) is 0 Å². The predicted octanol–water partition coefficient (Wildman–Crippen LogP) is 3.25. The van der Waals surface area contributed by atoms with Gasteiger partial charge in [-0.15, -0.1) is 0 Å². The smallest absolute Gasteiger partial charge is 0.165 e. The lowest BCUT2D eigenvalue weighted by Gasteiger charge is -2.16. The molecule has 20 heavy (non-hydrogen) atoms. The van der Waals surface area contributed by atoms with E-state index >= 15 is 0 Å². The molecule has 0 fully saturated rings. The molecule has 1 atom stereocenters. The van der Waals surface area contributed by atoms with E-state index in [0.29, 0.717) is 0 Å². The highest BCUT2D eigenvalue weighted by Crippen LogP contribution is 2.29. The minimum atomic E-state index is -0.399. The summed E-state index contributed by atoms with van der Waals surface area (Å²) in [5.41, 5.74) is 7.95. The summed E-state index contributed by atoms with van der Waals surface area (Å²) >= 11 is 3.47. The number of rotatable bonds is 5. The second kappa shape index (κ2) is 6.37. The molecule has 1 heterocycles. The maximum atomic E-state index is 13.5. The third-order valence-corrected chi connectivity index (χ3v) is 3.71. The maximum absolute atomic E-state index is 13.5. The average molecular weight is 342 g/mol. The Morgan fingerprint density at radius 2 is 2.25 bits per heavy atom. The Morgan fingerprint density at radius 1 is 1.50 bits per heavy atom. The first-order chi connectivity index (χ1) is 9.58. The van der Waals surface area contributed by atoms with Crippen molar-refractivity contribution in [1.29, 1.82) is 0 Å². The highest BCUT2D eigenvalue weighted by molar-refractivity contribution is 9.10. The highest BCUT2D eigenvalue weighted by Gasteiger charge is 2.19. The highest BCUT2D eigenvalue weighted by atomic mass is 79.9. The first-order valence-electron chi connectivity index (χ1n) is 6.38. The van der Waals surface area contributed by atoms with Crippen molar-refractivity contribution in [3.8, 4) is 5.75 Å². The van der Waals surface area contributed by atoms with Gasteiger partial charge in [-0.2, -0.15) is 5.10 Å². The van der Waals surface area contributed by atoms with Crippen LogP contribution < -0.4 is 10.5 Å². The van der Waals surface area contributed by atoms with Crippen LogP contribution in [0.25, 0.3) is 0 Å². The molecule has 0 saturated carbocycles. The van der Waals surface area contributed by atoms with Crippen molar-refractivity contribution >= 4 is 15.9 Å². The molecule has 1 aromatic carbocycles. The van der Waals surface area contributed by atoms with Crippen molar-refractivity contribution in [1.82, 2.24) is 9.78 Å². The van der Waals surface area contributed by atoms with Gasteiger partial charge >= 0.3 is 0 Å². The Morgan fingerprint density at radius 3 is 2.90 bits per heavy atom. The molecule has 0 spiro atoms. The fraction of sp³-hybridized carbons (Fsp3) is 0.357. The van der Waals surface area contributed by atoms with Crippen LogP contribution in [0.2, 0.25) is 0 Å². The molecule has 1 aromatic heterocycles. The monoisotopic (exact) mass is 341 g/mol. The molecule has 6 heteroatoms. The average Bonchev–Trinajstić information content (AvgIpc) is 2.80. The van der Waals surface area contributed by atoms with Crippen LogP contribution in [0.1, 0.15) is 30.6 Å². The summed E-state index contributed by atoms with van der Waals surface area (Å²) in [6, 6.07) is 4.25. The van der Waals surface area contributed by atoms with E-state index in [1.54, 1.807) is 18.3 Å². The van der Waals surface area contributed by atoms with Crippen molar-refractivity contribution in [3.05, 3.63) is 45.9 Å². The number of nitrogens with two attached hydrogens (primary N) is 1. The zero-order valence-corrected chi connectivity index (χ0v) is 13.0. The Balaban J connectivity index is 2.40. The second-order valence-electron chi connectivity index (χ2n) is 4.47. The number of aromatic nitrogens is 2. The lowest BCUT2D eigenvalue weighted by molar-refractivity contribution is 0.385. The number of aryl methyl sites for hydroxylation is 1. The molecule has 2 aromatic rings. The molecular weight excluding hydrogens is 325 g/mol. The Hall–Kier alpha value is -1.40. The third-order valence-electron chi connectivity index (χ3n) is 3.10. The van der Waals surface area contributed by atoms with Gasteiger partial charge in [0.1, 0.15) is 0 Å². The van der Waals surface area contributed by atoms with Gasteiger partial charge in [0, 0.05) is 6.54 Å². The van der Waals surface area contributed by atoms with Crippen molar-refractivity contribution in [2.24, 2.45) is 5.73 Å². The van der Waals surface area contributed by atoms with Crippen LogP contribution >= 0.6 is 15.9 Å².